The molecule has 2 nitrogen and oxygen atoms in total. The molecule has 0 aliphatic heterocycles. The first-order valence-electron chi connectivity index (χ1n) is 5.43. The second-order valence-electron chi connectivity index (χ2n) is 3.58. The maximum atomic E-state index is 10.7. The van der Waals surface area contributed by atoms with Crippen LogP contribution in [0.4, 0.5) is 0 Å². The molecule has 1 aromatic rings. The zero-order valence-electron chi connectivity index (χ0n) is 9.62. The first-order chi connectivity index (χ1) is 7.22. The summed E-state index contributed by atoms with van der Waals surface area (Å²) in [6.07, 6.45) is 1.89. The molecule has 1 rings (SSSR count). The molecule has 15 heavy (non-hydrogen) atoms. The van der Waals surface area contributed by atoms with Crippen LogP contribution in [0.15, 0.2) is 18.2 Å². The Morgan fingerprint density at radius 1 is 1.40 bits per heavy atom. The quantitative estimate of drug-likeness (QED) is 0.692. The molecule has 82 valence electrons. The third-order valence-corrected chi connectivity index (χ3v) is 2.50. The van der Waals surface area contributed by atoms with Crippen LogP contribution in [-0.2, 0) is 11.2 Å². The van der Waals surface area contributed by atoms with Gasteiger partial charge in [-0.15, -0.1) is 0 Å². The minimum Gasteiger partial charge on any atom is -0.494 e. The Morgan fingerprint density at radius 3 is 2.67 bits per heavy atom. The molecule has 2 heteroatoms. The van der Waals surface area contributed by atoms with Crippen molar-refractivity contribution >= 4 is 6.29 Å². The highest BCUT2D eigenvalue weighted by Gasteiger charge is 2.07. The Labute approximate surface area is 91.3 Å². The summed E-state index contributed by atoms with van der Waals surface area (Å²) < 4.78 is 5.51. The summed E-state index contributed by atoms with van der Waals surface area (Å²) in [5.41, 5.74) is 2.23. The first-order valence-corrected chi connectivity index (χ1v) is 5.43. The van der Waals surface area contributed by atoms with Gasteiger partial charge < -0.3 is 9.53 Å². The van der Waals surface area contributed by atoms with Crippen LogP contribution in [0.25, 0.3) is 0 Å². The van der Waals surface area contributed by atoms with Crippen molar-refractivity contribution in [2.24, 2.45) is 0 Å². The molecule has 0 aliphatic rings. The zero-order valence-corrected chi connectivity index (χ0v) is 9.62. The van der Waals surface area contributed by atoms with Crippen LogP contribution in [0.3, 0.4) is 0 Å². The highest BCUT2D eigenvalue weighted by Crippen LogP contribution is 2.24. The van der Waals surface area contributed by atoms with Gasteiger partial charge in [-0.25, -0.2) is 0 Å². The SMILES string of the molecule is CCOc1ccc(C(C)C=O)cc1CC. The van der Waals surface area contributed by atoms with E-state index in [0.717, 1.165) is 24.0 Å². The van der Waals surface area contributed by atoms with Gasteiger partial charge in [0.2, 0.25) is 0 Å². The molecule has 0 amide bonds. The molecule has 0 bridgehead atoms. The van der Waals surface area contributed by atoms with E-state index in [1.165, 1.54) is 5.56 Å². The molecule has 1 aromatic carbocycles. The van der Waals surface area contributed by atoms with Crippen LogP contribution >= 0.6 is 0 Å². The number of hydrogen-bond donors (Lipinski definition) is 0. The van der Waals surface area contributed by atoms with Crippen molar-refractivity contribution in [2.75, 3.05) is 6.61 Å². The highest BCUT2D eigenvalue weighted by molar-refractivity contribution is 5.62. The Kier molecular flexibility index (Phi) is 4.35. The maximum absolute atomic E-state index is 10.7. The minimum atomic E-state index is -0.0361. The van der Waals surface area contributed by atoms with Gasteiger partial charge in [-0.1, -0.05) is 26.0 Å². The van der Waals surface area contributed by atoms with E-state index in [1.54, 1.807) is 0 Å². The summed E-state index contributed by atoms with van der Waals surface area (Å²) in [7, 11) is 0. The van der Waals surface area contributed by atoms with E-state index in [0.29, 0.717) is 6.61 Å². The molecule has 0 saturated heterocycles. The summed E-state index contributed by atoms with van der Waals surface area (Å²) in [5, 5.41) is 0. The largest absolute Gasteiger partial charge is 0.494 e. The predicted molar refractivity (Wildman–Crippen MR) is 61.5 cm³/mol. The lowest BCUT2D eigenvalue weighted by Crippen LogP contribution is -2.00. The Morgan fingerprint density at radius 2 is 2.13 bits per heavy atom. The topological polar surface area (TPSA) is 26.3 Å². The van der Waals surface area contributed by atoms with Crippen LogP contribution in [-0.4, -0.2) is 12.9 Å². The number of aldehydes is 1. The summed E-state index contributed by atoms with van der Waals surface area (Å²) in [5.74, 6) is 0.896. The number of aryl methyl sites for hydroxylation is 1. The Balaban J connectivity index is 3.01. The average Bonchev–Trinajstić information content (AvgIpc) is 2.29. The molecule has 0 N–H and O–H groups in total. The van der Waals surface area contributed by atoms with E-state index >= 15 is 0 Å². The summed E-state index contributed by atoms with van der Waals surface area (Å²) in [4.78, 5) is 10.7. The van der Waals surface area contributed by atoms with E-state index in [4.69, 9.17) is 4.74 Å². The van der Waals surface area contributed by atoms with Gasteiger partial charge in [0.1, 0.15) is 12.0 Å². The van der Waals surface area contributed by atoms with Gasteiger partial charge in [0.05, 0.1) is 6.61 Å². The fourth-order valence-electron chi connectivity index (χ4n) is 1.53. The average molecular weight is 206 g/mol. The number of ether oxygens (including phenoxy) is 1. The molecular weight excluding hydrogens is 188 g/mol. The Bertz CT molecular complexity index is 331. The lowest BCUT2D eigenvalue weighted by Gasteiger charge is -2.12. The van der Waals surface area contributed by atoms with Gasteiger partial charge in [0.25, 0.3) is 0 Å². The van der Waals surface area contributed by atoms with E-state index < -0.39 is 0 Å². The van der Waals surface area contributed by atoms with Gasteiger partial charge in [0, 0.05) is 5.92 Å². The van der Waals surface area contributed by atoms with Crippen molar-refractivity contribution in [3.63, 3.8) is 0 Å². The maximum Gasteiger partial charge on any atom is 0.127 e. The Hall–Kier alpha value is -1.31. The summed E-state index contributed by atoms with van der Waals surface area (Å²) in [6.45, 7) is 6.65. The normalized spacial score (nSPS) is 12.2. The van der Waals surface area contributed by atoms with Gasteiger partial charge in [-0.2, -0.15) is 0 Å². The molecule has 0 fully saturated rings. The third-order valence-electron chi connectivity index (χ3n) is 2.50. The van der Waals surface area contributed by atoms with Gasteiger partial charge in [-0.05, 0) is 30.5 Å². The highest BCUT2D eigenvalue weighted by atomic mass is 16.5. The molecule has 0 aliphatic carbocycles. The summed E-state index contributed by atoms with van der Waals surface area (Å²) >= 11 is 0. The van der Waals surface area contributed by atoms with Gasteiger partial charge >= 0.3 is 0 Å². The van der Waals surface area contributed by atoms with Crippen LogP contribution in [0.5, 0.6) is 5.75 Å². The second kappa shape index (κ2) is 5.54. The molecule has 0 heterocycles. The number of benzene rings is 1. The fraction of sp³-hybridized carbons (Fsp3) is 0.462. The second-order valence-corrected chi connectivity index (χ2v) is 3.58. The van der Waals surface area contributed by atoms with Crippen molar-refractivity contribution in [2.45, 2.75) is 33.1 Å². The van der Waals surface area contributed by atoms with Crippen LogP contribution in [0.1, 0.15) is 37.8 Å². The van der Waals surface area contributed by atoms with Crippen molar-refractivity contribution in [3.8, 4) is 5.75 Å². The molecule has 1 unspecified atom stereocenters. The monoisotopic (exact) mass is 206 g/mol. The lowest BCUT2D eigenvalue weighted by molar-refractivity contribution is -0.108. The molecule has 0 aromatic heterocycles. The van der Waals surface area contributed by atoms with E-state index in [-0.39, 0.29) is 5.92 Å². The van der Waals surface area contributed by atoms with Crippen molar-refractivity contribution in [1.82, 2.24) is 0 Å². The van der Waals surface area contributed by atoms with Crippen molar-refractivity contribution in [1.29, 1.82) is 0 Å². The molecule has 0 saturated carbocycles. The first kappa shape index (κ1) is 11.8. The standard InChI is InChI=1S/C13H18O2/c1-4-11-8-12(10(3)9-14)6-7-13(11)15-5-2/h6-10H,4-5H2,1-3H3. The van der Waals surface area contributed by atoms with E-state index in [9.17, 15) is 4.79 Å². The number of hydrogen-bond acceptors (Lipinski definition) is 2. The smallest absolute Gasteiger partial charge is 0.127 e. The fourth-order valence-corrected chi connectivity index (χ4v) is 1.53. The lowest BCUT2D eigenvalue weighted by atomic mass is 9.99. The molecule has 0 radical (unpaired) electrons. The van der Waals surface area contributed by atoms with Crippen LogP contribution in [0.2, 0.25) is 0 Å². The molecule has 0 spiro atoms. The zero-order chi connectivity index (χ0) is 11.3. The third kappa shape index (κ3) is 2.82. The van der Waals surface area contributed by atoms with E-state index in [2.05, 4.69) is 13.0 Å². The van der Waals surface area contributed by atoms with E-state index in [1.807, 2.05) is 26.0 Å². The predicted octanol–water partition coefficient (Wildman–Crippen LogP) is 2.95. The summed E-state index contributed by atoms with van der Waals surface area (Å²) in [6, 6.07) is 5.98. The molecular formula is C13H18O2. The van der Waals surface area contributed by atoms with Crippen LogP contribution < -0.4 is 4.74 Å². The van der Waals surface area contributed by atoms with Crippen molar-refractivity contribution in [3.05, 3.63) is 29.3 Å². The van der Waals surface area contributed by atoms with Gasteiger partial charge in [0.15, 0.2) is 0 Å². The number of carbonyl (C=O) groups is 1. The minimum absolute atomic E-state index is 0.0361. The number of carbonyl (C=O) groups excluding carboxylic acids is 1. The van der Waals surface area contributed by atoms with Gasteiger partial charge in [-0.3, -0.25) is 0 Å². The van der Waals surface area contributed by atoms with Crippen LogP contribution in [0, 0.1) is 0 Å². The van der Waals surface area contributed by atoms with Crippen molar-refractivity contribution < 1.29 is 9.53 Å². The number of rotatable bonds is 5. The molecule has 1 atom stereocenters.